The molecule has 102 valence electrons. The molecule has 0 bridgehead atoms. The van der Waals surface area contributed by atoms with E-state index in [1.54, 1.807) is 6.08 Å². The summed E-state index contributed by atoms with van der Waals surface area (Å²) in [6.07, 6.45) is 5.24. The highest BCUT2D eigenvalue weighted by Crippen LogP contribution is 2.09. The van der Waals surface area contributed by atoms with E-state index in [2.05, 4.69) is 17.4 Å². The second-order valence-electron chi connectivity index (χ2n) is 5.05. The summed E-state index contributed by atoms with van der Waals surface area (Å²) >= 11 is 0. The highest BCUT2D eigenvalue weighted by molar-refractivity contribution is 5.88. The zero-order valence-electron chi connectivity index (χ0n) is 11.6. The maximum Gasteiger partial charge on any atom is 0.248 e. The molecule has 1 N–H and O–H groups in total. The van der Waals surface area contributed by atoms with Crippen LogP contribution in [-0.2, 0) is 11.3 Å². The van der Waals surface area contributed by atoms with E-state index in [1.165, 1.54) is 12.0 Å². The second kappa shape index (κ2) is 6.98. The number of nitrogens with zero attached hydrogens (tertiary/aromatic N) is 1. The molecule has 0 spiro atoms. The van der Waals surface area contributed by atoms with E-state index >= 15 is 0 Å². The first-order valence-electron chi connectivity index (χ1n) is 7.01. The summed E-state index contributed by atoms with van der Waals surface area (Å²) in [6.45, 7) is 4.52. The zero-order valence-corrected chi connectivity index (χ0v) is 11.6. The number of piperidine rings is 1. The van der Waals surface area contributed by atoms with Gasteiger partial charge in [-0.15, -0.1) is 0 Å². The molecule has 1 aromatic carbocycles. The first-order valence-corrected chi connectivity index (χ1v) is 7.01. The first-order chi connectivity index (χ1) is 9.25. The van der Waals surface area contributed by atoms with Crippen LogP contribution in [0.2, 0.25) is 0 Å². The van der Waals surface area contributed by atoms with Crippen molar-refractivity contribution in [2.24, 2.45) is 0 Å². The van der Waals surface area contributed by atoms with Gasteiger partial charge in [0, 0.05) is 31.4 Å². The minimum absolute atomic E-state index is 0.137. The fourth-order valence-electron chi connectivity index (χ4n) is 2.28. The van der Waals surface area contributed by atoms with E-state index in [0.717, 1.165) is 38.2 Å². The minimum atomic E-state index is 0.137. The van der Waals surface area contributed by atoms with Gasteiger partial charge in [0.25, 0.3) is 0 Å². The highest BCUT2D eigenvalue weighted by atomic mass is 16.2. The summed E-state index contributed by atoms with van der Waals surface area (Å²) in [5, 5.41) is 3.28. The highest BCUT2D eigenvalue weighted by Gasteiger charge is 2.14. The summed E-state index contributed by atoms with van der Waals surface area (Å²) in [5.74, 6) is 0.137. The molecule has 19 heavy (non-hydrogen) atoms. The number of nitrogens with one attached hydrogen (secondary N) is 1. The number of likely N-dealkylation sites (tertiary alicyclic amines) is 1. The van der Waals surface area contributed by atoms with E-state index in [9.17, 15) is 4.79 Å². The molecule has 3 nitrogen and oxygen atoms in total. The van der Waals surface area contributed by atoms with Crippen molar-refractivity contribution in [2.75, 3.05) is 13.1 Å². The first kappa shape index (κ1) is 13.7. The molecule has 1 fully saturated rings. The summed E-state index contributed by atoms with van der Waals surface area (Å²) < 4.78 is 0. The Kier molecular flexibility index (Phi) is 5.01. The van der Waals surface area contributed by atoms with Crippen LogP contribution in [0.15, 0.2) is 42.1 Å². The Morgan fingerprint density at radius 1 is 1.21 bits per heavy atom. The molecule has 0 radical (unpaired) electrons. The quantitative estimate of drug-likeness (QED) is 0.842. The predicted octanol–water partition coefficient (Wildman–Crippen LogP) is 2.69. The molecule has 1 heterocycles. The number of rotatable bonds is 4. The van der Waals surface area contributed by atoms with Crippen molar-refractivity contribution in [1.82, 2.24) is 10.2 Å². The van der Waals surface area contributed by atoms with Crippen LogP contribution >= 0.6 is 0 Å². The fourth-order valence-corrected chi connectivity index (χ4v) is 2.28. The van der Waals surface area contributed by atoms with E-state index in [4.69, 9.17) is 0 Å². The average Bonchev–Trinajstić information content (AvgIpc) is 2.47. The lowest BCUT2D eigenvalue weighted by atomic mass is 10.1. The fraction of sp³-hybridized carbons (Fsp3) is 0.438. The van der Waals surface area contributed by atoms with Crippen LogP contribution in [0.5, 0.6) is 0 Å². The van der Waals surface area contributed by atoms with Crippen LogP contribution < -0.4 is 5.32 Å². The van der Waals surface area contributed by atoms with Gasteiger partial charge < -0.3 is 10.2 Å². The number of hydrogen-bond acceptors (Lipinski definition) is 2. The van der Waals surface area contributed by atoms with Crippen LogP contribution in [0, 0.1) is 0 Å². The van der Waals surface area contributed by atoms with Crippen molar-refractivity contribution in [1.29, 1.82) is 0 Å². The molecule has 1 aliphatic heterocycles. The minimum Gasteiger partial charge on any atom is -0.384 e. The average molecular weight is 258 g/mol. The SMILES string of the molecule is CC(=CC(=O)N1CCCCC1)NCc1ccccc1. The molecule has 1 amide bonds. The Morgan fingerprint density at radius 2 is 1.89 bits per heavy atom. The van der Waals surface area contributed by atoms with Crippen LogP contribution in [0.4, 0.5) is 0 Å². The molecule has 1 aliphatic rings. The smallest absolute Gasteiger partial charge is 0.248 e. The Hall–Kier alpha value is -1.77. The van der Waals surface area contributed by atoms with Gasteiger partial charge in [-0.2, -0.15) is 0 Å². The Morgan fingerprint density at radius 3 is 2.58 bits per heavy atom. The van der Waals surface area contributed by atoms with Crippen LogP contribution in [0.3, 0.4) is 0 Å². The molecule has 0 atom stereocenters. The van der Waals surface area contributed by atoms with Crippen molar-refractivity contribution >= 4 is 5.91 Å². The molecule has 1 saturated heterocycles. The maximum atomic E-state index is 12.0. The molecule has 3 heteroatoms. The van der Waals surface area contributed by atoms with Gasteiger partial charge in [0.1, 0.15) is 0 Å². The summed E-state index contributed by atoms with van der Waals surface area (Å²) in [7, 11) is 0. The van der Waals surface area contributed by atoms with Crippen molar-refractivity contribution in [3.8, 4) is 0 Å². The van der Waals surface area contributed by atoms with Crippen LogP contribution in [-0.4, -0.2) is 23.9 Å². The van der Waals surface area contributed by atoms with E-state index in [0.29, 0.717) is 0 Å². The third kappa shape index (κ3) is 4.43. The molecule has 0 aliphatic carbocycles. The Labute approximate surface area is 115 Å². The van der Waals surface area contributed by atoms with Gasteiger partial charge in [-0.25, -0.2) is 0 Å². The summed E-state index contributed by atoms with van der Waals surface area (Å²) in [5.41, 5.74) is 2.15. The zero-order chi connectivity index (χ0) is 13.5. The Balaban J connectivity index is 1.83. The second-order valence-corrected chi connectivity index (χ2v) is 5.05. The monoisotopic (exact) mass is 258 g/mol. The van der Waals surface area contributed by atoms with Crippen LogP contribution in [0.25, 0.3) is 0 Å². The molecular weight excluding hydrogens is 236 g/mol. The third-order valence-electron chi connectivity index (χ3n) is 3.42. The number of amides is 1. The molecule has 2 rings (SSSR count). The van der Waals surface area contributed by atoms with E-state index in [-0.39, 0.29) is 5.91 Å². The van der Waals surface area contributed by atoms with Gasteiger partial charge in [0.15, 0.2) is 0 Å². The number of hydrogen-bond donors (Lipinski definition) is 1. The standard InChI is InChI=1S/C16H22N2O/c1-14(17-13-15-8-4-2-5-9-15)12-16(19)18-10-6-3-7-11-18/h2,4-5,8-9,12,17H,3,6-7,10-11,13H2,1H3. The largest absolute Gasteiger partial charge is 0.384 e. The van der Waals surface area contributed by atoms with E-state index < -0.39 is 0 Å². The number of carbonyl (C=O) groups is 1. The molecular formula is C16H22N2O. The summed E-state index contributed by atoms with van der Waals surface area (Å²) in [4.78, 5) is 14.0. The molecule has 1 aromatic rings. The molecule has 0 aromatic heterocycles. The predicted molar refractivity (Wildman–Crippen MR) is 77.5 cm³/mol. The number of allylic oxidation sites excluding steroid dienone is 1. The lowest BCUT2D eigenvalue weighted by Crippen LogP contribution is -2.34. The topological polar surface area (TPSA) is 32.3 Å². The lowest BCUT2D eigenvalue weighted by Gasteiger charge is -2.25. The van der Waals surface area contributed by atoms with Gasteiger partial charge in [-0.05, 0) is 31.7 Å². The van der Waals surface area contributed by atoms with Gasteiger partial charge in [0.05, 0.1) is 0 Å². The van der Waals surface area contributed by atoms with Gasteiger partial charge in [-0.1, -0.05) is 30.3 Å². The van der Waals surface area contributed by atoms with Crippen molar-refractivity contribution in [3.63, 3.8) is 0 Å². The maximum absolute atomic E-state index is 12.0. The van der Waals surface area contributed by atoms with Gasteiger partial charge in [-0.3, -0.25) is 4.79 Å². The van der Waals surface area contributed by atoms with Crippen LogP contribution in [0.1, 0.15) is 31.7 Å². The third-order valence-corrected chi connectivity index (χ3v) is 3.42. The molecule has 0 saturated carbocycles. The lowest BCUT2D eigenvalue weighted by molar-refractivity contribution is -0.126. The Bertz CT molecular complexity index is 433. The van der Waals surface area contributed by atoms with Crippen molar-refractivity contribution in [3.05, 3.63) is 47.7 Å². The number of carbonyl (C=O) groups excluding carboxylic acids is 1. The molecule has 0 unspecified atom stereocenters. The normalized spacial score (nSPS) is 16.3. The van der Waals surface area contributed by atoms with Gasteiger partial charge >= 0.3 is 0 Å². The number of benzene rings is 1. The summed E-state index contributed by atoms with van der Waals surface area (Å²) in [6, 6.07) is 10.2. The van der Waals surface area contributed by atoms with E-state index in [1.807, 2.05) is 30.0 Å². The van der Waals surface area contributed by atoms with Crippen molar-refractivity contribution in [2.45, 2.75) is 32.7 Å². The van der Waals surface area contributed by atoms with Gasteiger partial charge in [0.2, 0.25) is 5.91 Å². The van der Waals surface area contributed by atoms with Crippen molar-refractivity contribution < 1.29 is 4.79 Å².